The Morgan fingerprint density at radius 1 is 1.12 bits per heavy atom. The maximum atomic E-state index is 13.7. The molecule has 0 radical (unpaired) electrons. The van der Waals surface area contributed by atoms with Crippen molar-refractivity contribution in [3.63, 3.8) is 0 Å². The van der Waals surface area contributed by atoms with Crippen LogP contribution in [0, 0.1) is 17.1 Å². The Labute approximate surface area is 197 Å². The van der Waals surface area contributed by atoms with Gasteiger partial charge in [-0.25, -0.2) is 9.37 Å². The largest absolute Gasteiger partial charge is 0.489 e. The highest BCUT2D eigenvalue weighted by Gasteiger charge is 2.36. The predicted octanol–water partition coefficient (Wildman–Crippen LogP) is 6.01. The SMILES string of the molecule is CCOC(=O)CSc1nc(-c2ccc(OCc3ccc(F)cc3)cc2)cc(C(F)(F)F)c1C#N. The summed E-state index contributed by atoms with van der Waals surface area (Å²) >= 11 is 0.709. The Balaban J connectivity index is 1.87. The van der Waals surface area contributed by atoms with Crippen LogP contribution in [-0.2, 0) is 22.3 Å². The van der Waals surface area contributed by atoms with E-state index in [1.54, 1.807) is 37.3 Å². The minimum atomic E-state index is -4.79. The topological polar surface area (TPSA) is 72.2 Å². The number of alkyl halides is 3. The third-order valence-corrected chi connectivity index (χ3v) is 5.45. The van der Waals surface area contributed by atoms with E-state index in [1.165, 1.54) is 24.3 Å². The first-order valence-corrected chi connectivity index (χ1v) is 11.0. The summed E-state index contributed by atoms with van der Waals surface area (Å²) in [4.78, 5) is 15.9. The molecular weight excluding hydrogens is 472 g/mol. The minimum absolute atomic E-state index is 0.0113. The number of hydrogen-bond donors (Lipinski definition) is 0. The number of ether oxygens (including phenoxy) is 2. The molecule has 0 aliphatic rings. The predicted molar refractivity (Wildman–Crippen MR) is 117 cm³/mol. The number of nitrogens with zero attached hydrogens (tertiary/aromatic N) is 2. The van der Waals surface area contributed by atoms with Crippen molar-refractivity contribution < 1.29 is 31.8 Å². The van der Waals surface area contributed by atoms with Crippen LogP contribution in [0.2, 0.25) is 0 Å². The second kappa shape index (κ2) is 11.0. The average molecular weight is 490 g/mol. The first-order valence-electron chi connectivity index (χ1n) is 9.99. The van der Waals surface area contributed by atoms with Crippen molar-refractivity contribution in [1.29, 1.82) is 5.26 Å². The summed E-state index contributed by atoms with van der Waals surface area (Å²) < 4.78 is 64.4. The van der Waals surface area contributed by atoms with Crippen molar-refractivity contribution in [2.75, 3.05) is 12.4 Å². The van der Waals surface area contributed by atoms with Crippen LogP contribution < -0.4 is 4.74 Å². The van der Waals surface area contributed by atoms with Gasteiger partial charge in [0.25, 0.3) is 0 Å². The molecule has 34 heavy (non-hydrogen) atoms. The van der Waals surface area contributed by atoms with Crippen LogP contribution in [0.3, 0.4) is 0 Å². The van der Waals surface area contributed by atoms with Gasteiger partial charge < -0.3 is 9.47 Å². The van der Waals surface area contributed by atoms with E-state index in [9.17, 15) is 27.6 Å². The number of hydrogen-bond acceptors (Lipinski definition) is 6. The number of pyridine rings is 1. The lowest BCUT2D eigenvalue weighted by Gasteiger charge is -2.14. The maximum absolute atomic E-state index is 13.7. The van der Waals surface area contributed by atoms with Crippen LogP contribution in [0.5, 0.6) is 5.75 Å². The van der Waals surface area contributed by atoms with Gasteiger partial charge in [0, 0.05) is 5.56 Å². The van der Waals surface area contributed by atoms with Gasteiger partial charge in [-0.1, -0.05) is 23.9 Å². The highest BCUT2D eigenvalue weighted by atomic mass is 32.2. The van der Waals surface area contributed by atoms with Crippen LogP contribution in [-0.4, -0.2) is 23.3 Å². The molecule has 0 amide bonds. The molecule has 0 atom stereocenters. The third-order valence-electron chi connectivity index (χ3n) is 4.50. The highest BCUT2D eigenvalue weighted by Crippen LogP contribution is 2.38. The lowest BCUT2D eigenvalue weighted by molar-refractivity contribution is -0.140. The molecule has 5 nitrogen and oxygen atoms in total. The second-order valence-corrected chi connectivity index (χ2v) is 7.84. The Hall–Kier alpha value is -3.58. The van der Waals surface area contributed by atoms with Gasteiger partial charge in [0.2, 0.25) is 0 Å². The monoisotopic (exact) mass is 490 g/mol. The smallest absolute Gasteiger partial charge is 0.417 e. The first kappa shape index (κ1) is 25.1. The summed E-state index contributed by atoms with van der Waals surface area (Å²) in [5, 5.41) is 9.13. The molecule has 0 spiro atoms. The van der Waals surface area contributed by atoms with Crippen molar-refractivity contribution in [2.45, 2.75) is 24.7 Å². The molecule has 0 N–H and O–H groups in total. The summed E-state index contributed by atoms with van der Waals surface area (Å²) in [6.45, 7) is 1.92. The molecular formula is C24H18F4N2O3S. The third kappa shape index (κ3) is 6.48. The van der Waals surface area contributed by atoms with Gasteiger partial charge in [0.15, 0.2) is 0 Å². The van der Waals surface area contributed by atoms with E-state index in [1.807, 2.05) is 0 Å². The number of aromatic nitrogens is 1. The molecule has 10 heteroatoms. The molecule has 176 valence electrons. The summed E-state index contributed by atoms with van der Waals surface area (Å²) in [6, 6.07) is 14.4. The minimum Gasteiger partial charge on any atom is -0.489 e. The van der Waals surface area contributed by atoms with E-state index in [0.717, 1.165) is 11.6 Å². The van der Waals surface area contributed by atoms with Crippen LogP contribution in [0.1, 0.15) is 23.6 Å². The van der Waals surface area contributed by atoms with Gasteiger partial charge in [-0.05, 0) is 55.0 Å². The van der Waals surface area contributed by atoms with E-state index in [4.69, 9.17) is 9.47 Å². The molecule has 1 aromatic heterocycles. The second-order valence-electron chi connectivity index (χ2n) is 6.88. The average Bonchev–Trinajstić information content (AvgIpc) is 2.81. The maximum Gasteiger partial charge on any atom is 0.417 e. The number of esters is 1. The fraction of sp³-hybridized carbons (Fsp3) is 0.208. The van der Waals surface area contributed by atoms with Crippen LogP contribution in [0.15, 0.2) is 59.6 Å². The Bertz CT molecular complexity index is 1190. The summed E-state index contributed by atoms with van der Waals surface area (Å²) in [6.07, 6.45) is -4.79. The standard InChI is InChI=1S/C24H18F4N2O3S/c1-2-32-22(31)14-34-23-19(12-29)20(24(26,27)28)11-21(30-23)16-5-9-18(10-6-16)33-13-15-3-7-17(25)8-4-15/h3-11H,2,13-14H2,1H3. The molecule has 3 rings (SSSR count). The molecule has 2 aromatic carbocycles. The molecule has 0 unspecified atom stereocenters. The van der Waals surface area contributed by atoms with E-state index < -0.39 is 23.3 Å². The van der Waals surface area contributed by atoms with Crippen LogP contribution >= 0.6 is 11.8 Å². The van der Waals surface area contributed by atoms with Crippen molar-refractivity contribution in [3.8, 4) is 23.1 Å². The normalized spacial score (nSPS) is 11.1. The summed E-state index contributed by atoms with van der Waals surface area (Å²) in [7, 11) is 0. The number of rotatable bonds is 8. The molecule has 0 bridgehead atoms. The molecule has 0 saturated heterocycles. The molecule has 0 fully saturated rings. The highest BCUT2D eigenvalue weighted by molar-refractivity contribution is 7.99. The van der Waals surface area contributed by atoms with Crippen LogP contribution in [0.25, 0.3) is 11.3 Å². The number of carbonyl (C=O) groups is 1. The number of thioether (sulfide) groups is 1. The van der Waals surface area contributed by atoms with E-state index in [0.29, 0.717) is 23.1 Å². The van der Waals surface area contributed by atoms with Gasteiger partial charge in [-0.15, -0.1) is 0 Å². The Morgan fingerprint density at radius 2 is 1.79 bits per heavy atom. The fourth-order valence-corrected chi connectivity index (χ4v) is 3.71. The molecule has 0 aliphatic carbocycles. The van der Waals surface area contributed by atoms with E-state index in [-0.39, 0.29) is 35.5 Å². The number of carbonyl (C=O) groups excluding carboxylic acids is 1. The zero-order valence-electron chi connectivity index (χ0n) is 17.9. The van der Waals surface area contributed by atoms with Crippen molar-refractivity contribution in [3.05, 3.63) is 77.1 Å². The quantitative estimate of drug-likeness (QED) is 0.219. The molecule has 1 heterocycles. The zero-order chi connectivity index (χ0) is 24.7. The van der Waals surface area contributed by atoms with Crippen molar-refractivity contribution in [1.82, 2.24) is 4.98 Å². The van der Waals surface area contributed by atoms with E-state index >= 15 is 0 Å². The number of nitriles is 1. The Morgan fingerprint density at radius 3 is 2.38 bits per heavy atom. The van der Waals surface area contributed by atoms with Gasteiger partial charge in [-0.2, -0.15) is 18.4 Å². The molecule has 3 aromatic rings. The van der Waals surface area contributed by atoms with Crippen molar-refractivity contribution >= 4 is 17.7 Å². The summed E-state index contributed by atoms with van der Waals surface area (Å²) in [5.74, 6) is -0.817. The van der Waals surface area contributed by atoms with Gasteiger partial charge in [0.1, 0.15) is 29.3 Å². The van der Waals surface area contributed by atoms with Crippen molar-refractivity contribution in [2.24, 2.45) is 0 Å². The van der Waals surface area contributed by atoms with Gasteiger partial charge in [0.05, 0.1) is 29.2 Å². The first-order chi connectivity index (χ1) is 16.2. The Kier molecular flexibility index (Phi) is 8.12. The van der Waals surface area contributed by atoms with Gasteiger partial charge >= 0.3 is 12.1 Å². The molecule has 0 aliphatic heterocycles. The number of halogens is 4. The van der Waals surface area contributed by atoms with Gasteiger partial charge in [-0.3, -0.25) is 4.79 Å². The lowest BCUT2D eigenvalue weighted by atomic mass is 10.1. The fourth-order valence-electron chi connectivity index (χ4n) is 2.90. The zero-order valence-corrected chi connectivity index (χ0v) is 18.7. The van der Waals surface area contributed by atoms with E-state index in [2.05, 4.69) is 4.98 Å². The van der Waals surface area contributed by atoms with Crippen LogP contribution in [0.4, 0.5) is 17.6 Å². The number of benzene rings is 2. The lowest BCUT2D eigenvalue weighted by Crippen LogP contribution is -2.12. The molecule has 0 saturated carbocycles. The summed E-state index contributed by atoms with van der Waals surface area (Å²) in [5.41, 5.74) is -0.685.